The molecule has 7 nitrogen and oxygen atoms in total. The van der Waals surface area contributed by atoms with Crippen LogP contribution in [0.1, 0.15) is 15.9 Å². The highest BCUT2D eigenvalue weighted by Gasteiger charge is 2.18. The van der Waals surface area contributed by atoms with E-state index >= 15 is 0 Å². The minimum atomic E-state index is -0.944. The van der Waals surface area contributed by atoms with E-state index in [4.69, 9.17) is 4.74 Å². The van der Waals surface area contributed by atoms with E-state index in [2.05, 4.69) is 51.2 Å². The normalized spacial score (nSPS) is 14.5. The van der Waals surface area contributed by atoms with Gasteiger partial charge in [-0.15, -0.1) is 0 Å². The first-order chi connectivity index (χ1) is 16.7. The number of aromatic carboxylic acids is 1. The van der Waals surface area contributed by atoms with Gasteiger partial charge in [-0.3, -0.25) is 9.47 Å². The molecule has 174 valence electrons. The molecule has 2 heterocycles. The van der Waals surface area contributed by atoms with Crippen LogP contribution in [0.2, 0.25) is 0 Å². The number of carboxylic acids is 1. The number of rotatable bonds is 8. The van der Waals surface area contributed by atoms with E-state index in [1.807, 2.05) is 28.8 Å². The maximum atomic E-state index is 11.2. The van der Waals surface area contributed by atoms with E-state index in [-0.39, 0.29) is 5.56 Å². The van der Waals surface area contributed by atoms with Gasteiger partial charge in [-0.25, -0.2) is 9.78 Å². The van der Waals surface area contributed by atoms with Crippen molar-refractivity contribution in [2.45, 2.75) is 6.61 Å². The maximum Gasteiger partial charge on any atom is 0.335 e. The molecular formula is C27H28N4O3. The highest BCUT2D eigenvalue weighted by atomic mass is 16.5. The van der Waals surface area contributed by atoms with Gasteiger partial charge < -0.3 is 14.7 Å². The fourth-order valence-corrected chi connectivity index (χ4v) is 4.38. The Hall–Kier alpha value is -3.68. The van der Waals surface area contributed by atoms with Crippen LogP contribution >= 0.6 is 0 Å². The van der Waals surface area contributed by atoms with Gasteiger partial charge in [-0.1, -0.05) is 36.4 Å². The predicted molar refractivity (Wildman–Crippen MR) is 133 cm³/mol. The molecule has 1 aliphatic heterocycles. The zero-order chi connectivity index (χ0) is 23.3. The number of anilines is 1. The average Bonchev–Trinajstić information content (AvgIpc) is 3.31. The first-order valence-corrected chi connectivity index (χ1v) is 11.6. The van der Waals surface area contributed by atoms with E-state index < -0.39 is 5.97 Å². The zero-order valence-corrected chi connectivity index (χ0v) is 19.0. The third-order valence-corrected chi connectivity index (χ3v) is 6.30. The zero-order valence-electron chi connectivity index (χ0n) is 19.0. The fraction of sp³-hybridized carbons (Fsp3) is 0.259. The Morgan fingerprint density at radius 1 is 0.912 bits per heavy atom. The van der Waals surface area contributed by atoms with Crippen molar-refractivity contribution in [3.8, 4) is 5.69 Å². The number of carboxylic acid groups (broad SMARTS) is 1. The van der Waals surface area contributed by atoms with Crippen LogP contribution in [0.25, 0.3) is 16.7 Å². The van der Waals surface area contributed by atoms with Crippen molar-refractivity contribution in [1.82, 2.24) is 14.5 Å². The molecule has 0 aliphatic carbocycles. The molecule has 3 aromatic carbocycles. The van der Waals surface area contributed by atoms with Gasteiger partial charge in [0.05, 0.1) is 29.8 Å². The van der Waals surface area contributed by atoms with Crippen LogP contribution in [0.4, 0.5) is 5.69 Å². The summed E-state index contributed by atoms with van der Waals surface area (Å²) in [6.07, 6.45) is 1.75. The van der Waals surface area contributed by atoms with E-state index in [1.165, 1.54) is 11.3 Å². The summed E-state index contributed by atoms with van der Waals surface area (Å²) in [4.78, 5) is 20.5. The Kier molecular flexibility index (Phi) is 6.56. The van der Waals surface area contributed by atoms with E-state index in [9.17, 15) is 9.90 Å². The molecule has 1 aromatic heterocycles. The number of benzene rings is 3. The number of ether oxygens (including phenoxy) is 1. The summed E-state index contributed by atoms with van der Waals surface area (Å²) in [6.45, 7) is 6.29. The Morgan fingerprint density at radius 2 is 1.71 bits per heavy atom. The first kappa shape index (κ1) is 22.1. The number of fused-ring (bicyclic) bond motifs is 1. The summed E-state index contributed by atoms with van der Waals surface area (Å²) in [7, 11) is 0. The number of carbonyl (C=O) groups is 1. The van der Waals surface area contributed by atoms with Gasteiger partial charge >= 0.3 is 5.97 Å². The Morgan fingerprint density at radius 3 is 2.50 bits per heavy atom. The number of aromatic nitrogens is 2. The van der Waals surface area contributed by atoms with Crippen LogP contribution in [0.5, 0.6) is 0 Å². The minimum absolute atomic E-state index is 0.245. The second-order valence-corrected chi connectivity index (χ2v) is 8.51. The summed E-state index contributed by atoms with van der Waals surface area (Å²) in [6, 6.07) is 23.8. The molecule has 0 amide bonds. The lowest BCUT2D eigenvalue weighted by Gasteiger charge is -2.36. The van der Waals surface area contributed by atoms with Gasteiger partial charge in [0.2, 0.25) is 0 Å². The third-order valence-electron chi connectivity index (χ3n) is 6.30. The van der Waals surface area contributed by atoms with Gasteiger partial charge in [0.25, 0.3) is 0 Å². The van der Waals surface area contributed by atoms with Gasteiger partial charge in [-0.2, -0.15) is 0 Å². The summed E-state index contributed by atoms with van der Waals surface area (Å²) in [5, 5.41) is 9.22. The molecule has 34 heavy (non-hydrogen) atoms. The van der Waals surface area contributed by atoms with Gasteiger partial charge in [0.1, 0.15) is 6.33 Å². The highest BCUT2D eigenvalue weighted by Crippen LogP contribution is 2.24. The van der Waals surface area contributed by atoms with Crippen molar-refractivity contribution in [2.24, 2.45) is 0 Å². The Labute approximate surface area is 198 Å². The van der Waals surface area contributed by atoms with Crippen molar-refractivity contribution in [1.29, 1.82) is 0 Å². The molecule has 1 N–H and O–H groups in total. The lowest BCUT2D eigenvalue weighted by atomic mass is 10.2. The fourth-order valence-electron chi connectivity index (χ4n) is 4.38. The van der Waals surface area contributed by atoms with Crippen LogP contribution in [0.3, 0.4) is 0 Å². The second-order valence-electron chi connectivity index (χ2n) is 8.51. The quantitative estimate of drug-likeness (QED) is 0.403. The minimum Gasteiger partial charge on any atom is -0.478 e. The molecular weight excluding hydrogens is 428 g/mol. The Bertz CT molecular complexity index is 1260. The van der Waals surface area contributed by atoms with Gasteiger partial charge in [0, 0.05) is 44.1 Å². The first-order valence-electron chi connectivity index (χ1n) is 11.6. The molecule has 7 heteroatoms. The summed E-state index contributed by atoms with van der Waals surface area (Å²) < 4.78 is 7.85. The standard InChI is InChI=1S/C27H28N4O3/c32-27(33)22-9-10-26-25(17-22)28-20-31(26)24-8-4-7-23(18-24)30-13-11-29(12-14-30)15-16-34-19-21-5-2-1-3-6-21/h1-10,17-18,20H,11-16,19H2,(H,32,33). The number of piperazine rings is 1. The van der Waals surface area contributed by atoms with Crippen LogP contribution in [-0.4, -0.2) is 64.9 Å². The van der Waals surface area contributed by atoms with E-state index in [1.54, 1.807) is 18.5 Å². The van der Waals surface area contributed by atoms with Crippen molar-refractivity contribution in [2.75, 3.05) is 44.2 Å². The summed E-state index contributed by atoms with van der Waals surface area (Å²) in [5.41, 5.74) is 5.22. The SMILES string of the molecule is O=C(O)c1ccc2c(c1)ncn2-c1cccc(N2CCN(CCOCc3ccccc3)CC2)c1. The molecule has 1 aliphatic rings. The van der Waals surface area contributed by atoms with Crippen LogP contribution in [0, 0.1) is 0 Å². The lowest BCUT2D eigenvalue weighted by molar-refractivity contribution is 0.0697. The smallest absolute Gasteiger partial charge is 0.335 e. The summed E-state index contributed by atoms with van der Waals surface area (Å²) in [5.74, 6) is -0.944. The Balaban J connectivity index is 1.18. The van der Waals surface area contributed by atoms with E-state index in [0.29, 0.717) is 12.1 Å². The largest absolute Gasteiger partial charge is 0.478 e. The topological polar surface area (TPSA) is 70.8 Å². The van der Waals surface area contributed by atoms with Crippen molar-refractivity contribution >= 4 is 22.7 Å². The number of hydrogen-bond donors (Lipinski definition) is 1. The molecule has 0 atom stereocenters. The molecule has 1 fully saturated rings. The van der Waals surface area contributed by atoms with Crippen LogP contribution < -0.4 is 4.90 Å². The number of imidazole rings is 1. The van der Waals surface area contributed by atoms with Gasteiger partial charge in [-0.05, 0) is 42.0 Å². The molecule has 0 radical (unpaired) electrons. The molecule has 1 saturated heterocycles. The number of nitrogens with zero attached hydrogens (tertiary/aromatic N) is 4. The van der Waals surface area contributed by atoms with Crippen molar-refractivity contribution < 1.29 is 14.6 Å². The van der Waals surface area contributed by atoms with Crippen LogP contribution in [-0.2, 0) is 11.3 Å². The molecule has 0 spiro atoms. The van der Waals surface area contributed by atoms with Gasteiger partial charge in [0.15, 0.2) is 0 Å². The van der Waals surface area contributed by atoms with Crippen LogP contribution in [0.15, 0.2) is 79.1 Å². The summed E-state index contributed by atoms with van der Waals surface area (Å²) >= 11 is 0. The molecule has 4 aromatic rings. The monoisotopic (exact) mass is 456 g/mol. The molecule has 5 rings (SSSR count). The average molecular weight is 457 g/mol. The van der Waals surface area contributed by atoms with Crippen molar-refractivity contribution in [3.05, 3.63) is 90.3 Å². The van der Waals surface area contributed by atoms with E-state index in [0.717, 1.165) is 50.5 Å². The molecule has 0 saturated carbocycles. The molecule has 0 unspecified atom stereocenters. The predicted octanol–water partition coefficient (Wildman–Crippen LogP) is 4.06. The highest BCUT2D eigenvalue weighted by molar-refractivity contribution is 5.92. The molecule has 0 bridgehead atoms. The second kappa shape index (κ2) is 10.1. The lowest BCUT2D eigenvalue weighted by Crippen LogP contribution is -2.47. The number of hydrogen-bond acceptors (Lipinski definition) is 5. The maximum absolute atomic E-state index is 11.2. The van der Waals surface area contributed by atoms with Crippen molar-refractivity contribution in [3.63, 3.8) is 0 Å². The third kappa shape index (κ3) is 4.95.